The van der Waals surface area contributed by atoms with E-state index in [4.69, 9.17) is 11.5 Å². The summed E-state index contributed by atoms with van der Waals surface area (Å²) in [5, 5.41) is 4.90. The summed E-state index contributed by atoms with van der Waals surface area (Å²) in [4.78, 5) is 46.3. The van der Waals surface area contributed by atoms with Gasteiger partial charge in [-0.15, -0.1) is 0 Å². The van der Waals surface area contributed by atoms with Crippen LogP contribution >= 0.6 is 21.6 Å². The van der Waals surface area contributed by atoms with Crippen LogP contribution in [0.2, 0.25) is 0 Å². The first kappa shape index (κ1) is 22.7. The molecule has 24 heavy (non-hydrogen) atoms. The quantitative estimate of drug-likeness (QED) is 0.274. The van der Waals surface area contributed by atoms with Crippen LogP contribution in [-0.4, -0.2) is 47.2 Å². The van der Waals surface area contributed by atoms with Gasteiger partial charge in [-0.2, -0.15) is 0 Å². The highest BCUT2D eigenvalue weighted by Crippen LogP contribution is 2.22. The minimum atomic E-state index is -0.827. The van der Waals surface area contributed by atoms with Gasteiger partial charge in [-0.25, -0.2) is 0 Å². The van der Waals surface area contributed by atoms with Crippen molar-refractivity contribution in [2.75, 3.05) is 11.5 Å². The third-order valence-corrected chi connectivity index (χ3v) is 5.25. The maximum Gasteiger partial charge on any atom is 0.250 e. The molecule has 4 amide bonds. The predicted octanol–water partition coefficient (Wildman–Crippen LogP) is -0.0918. The first-order valence-electron chi connectivity index (χ1n) is 7.74. The van der Waals surface area contributed by atoms with Crippen LogP contribution in [-0.2, 0) is 19.2 Å². The fourth-order valence-electron chi connectivity index (χ4n) is 1.51. The van der Waals surface area contributed by atoms with Crippen molar-refractivity contribution < 1.29 is 19.2 Å². The zero-order valence-corrected chi connectivity index (χ0v) is 15.6. The molecule has 0 heterocycles. The molecule has 0 aliphatic rings. The van der Waals surface area contributed by atoms with Crippen molar-refractivity contribution in [2.45, 2.75) is 51.6 Å². The largest absolute Gasteiger partial charge is 0.368 e. The summed E-state index contributed by atoms with van der Waals surface area (Å²) in [6.45, 7) is 3.69. The van der Waals surface area contributed by atoms with Crippen molar-refractivity contribution in [3.63, 3.8) is 0 Å². The normalized spacial score (nSPS) is 13.0. The number of hydrogen-bond donors (Lipinski definition) is 4. The van der Waals surface area contributed by atoms with Crippen LogP contribution in [0.25, 0.3) is 0 Å². The molecule has 0 aromatic carbocycles. The predicted molar refractivity (Wildman–Crippen MR) is 97.0 cm³/mol. The molecule has 0 aromatic rings. The number of nitrogens with one attached hydrogen (secondary N) is 2. The van der Waals surface area contributed by atoms with Crippen molar-refractivity contribution in [1.29, 1.82) is 0 Å². The van der Waals surface area contributed by atoms with Gasteiger partial charge in [-0.3, -0.25) is 24.5 Å². The molecule has 0 fully saturated rings. The average Bonchev–Trinajstić information content (AvgIpc) is 2.50. The van der Waals surface area contributed by atoms with Gasteiger partial charge in [-0.1, -0.05) is 35.4 Å². The molecule has 0 saturated heterocycles. The second-order valence-electron chi connectivity index (χ2n) is 5.11. The van der Waals surface area contributed by atoms with Crippen LogP contribution in [0.1, 0.15) is 39.5 Å². The fourth-order valence-corrected chi connectivity index (χ4v) is 3.81. The van der Waals surface area contributed by atoms with E-state index < -0.39 is 23.9 Å². The standard InChI is InChI=1S/C14H26N4O4S2/c1-3-5-11(19)17-10(14(22)18-12(20)6-4-2)8-24-23-7-9(15)13(16)21/h9-10H,3-8,15H2,1-2H3,(H2,16,21)(H,17,19)(H,18,20,22)/t9-,10-/m0/s1. The van der Waals surface area contributed by atoms with Crippen molar-refractivity contribution >= 4 is 45.2 Å². The molecule has 138 valence electrons. The maximum atomic E-state index is 12.1. The van der Waals surface area contributed by atoms with Gasteiger partial charge < -0.3 is 16.8 Å². The number of rotatable bonds is 12. The lowest BCUT2D eigenvalue weighted by Gasteiger charge is -2.17. The Morgan fingerprint density at radius 2 is 1.50 bits per heavy atom. The summed E-state index contributed by atoms with van der Waals surface area (Å²) in [6.07, 6.45) is 1.83. The second-order valence-corrected chi connectivity index (χ2v) is 7.66. The van der Waals surface area contributed by atoms with Crippen molar-refractivity contribution in [3.8, 4) is 0 Å². The Kier molecular flexibility index (Phi) is 12.4. The van der Waals surface area contributed by atoms with E-state index in [0.717, 1.165) is 0 Å². The van der Waals surface area contributed by atoms with Gasteiger partial charge in [0.05, 0.1) is 6.04 Å². The van der Waals surface area contributed by atoms with E-state index in [9.17, 15) is 19.2 Å². The van der Waals surface area contributed by atoms with Crippen LogP contribution in [0, 0.1) is 0 Å². The zero-order valence-electron chi connectivity index (χ0n) is 14.0. The maximum absolute atomic E-state index is 12.1. The van der Waals surface area contributed by atoms with E-state index in [2.05, 4.69) is 10.6 Å². The Balaban J connectivity index is 4.51. The van der Waals surface area contributed by atoms with Gasteiger partial charge in [0.2, 0.25) is 23.6 Å². The lowest BCUT2D eigenvalue weighted by molar-refractivity contribution is -0.133. The topological polar surface area (TPSA) is 144 Å². The van der Waals surface area contributed by atoms with Gasteiger partial charge >= 0.3 is 0 Å². The van der Waals surface area contributed by atoms with E-state index >= 15 is 0 Å². The first-order valence-corrected chi connectivity index (χ1v) is 10.2. The number of nitrogens with two attached hydrogens (primary N) is 2. The van der Waals surface area contributed by atoms with Crippen molar-refractivity contribution in [3.05, 3.63) is 0 Å². The lowest BCUT2D eigenvalue weighted by atomic mass is 10.2. The Hall–Kier alpha value is -1.26. The van der Waals surface area contributed by atoms with Gasteiger partial charge in [0.15, 0.2) is 0 Å². The Labute approximate surface area is 150 Å². The Bertz CT molecular complexity index is 448. The molecule has 0 unspecified atom stereocenters. The zero-order chi connectivity index (χ0) is 18.5. The van der Waals surface area contributed by atoms with Crippen LogP contribution in [0.4, 0.5) is 0 Å². The van der Waals surface area contributed by atoms with E-state index in [-0.39, 0.29) is 24.0 Å². The molecule has 0 aromatic heterocycles. The monoisotopic (exact) mass is 378 g/mol. The number of carbonyl (C=O) groups is 4. The summed E-state index contributed by atoms with van der Waals surface area (Å²) in [6, 6.07) is -1.59. The number of carbonyl (C=O) groups excluding carboxylic acids is 4. The fraction of sp³-hybridized carbons (Fsp3) is 0.714. The van der Waals surface area contributed by atoms with Crippen LogP contribution in [0.3, 0.4) is 0 Å². The molecule has 0 saturated carbocycles. The summed E-state index contributed by atoms with van der Waals surface area (Å²) >= 11 is 0. The minimum absolute atomic E-state index is 0.247. The first-order chi connectivity index (χ1) is 11.3. The SMILES string of the molecule is CCCC(=O)NC(=O)[C@H](CSSC[C@H](N)C(N)=O)NC(=O)CCC. The summed E-state index contributed by atoms with van der Waals surface area (Å²) in [5.41, 5.74) is 10.6. The number of primary amides is 1. The van der Waals surface area contributed by atoms with Crippen LogP contribution in [0.5, 0.6) is 0 Å². The molecule has 0 aliphatic carbocycles. The minimum Gasteiger partial charge on any atom is -0.368 e. The van der Waals surface area contributed by atoms with E-state index in [0.29, 0.717) is 25.0 Å². The van der Waals surface area contributed by atoms with Crippen molar-refractivity contribution in [2.24, 2.45) is 11.5 Å². The van der Waals surface area contributed by atoms with Gasteiger partial charge in [0.1, 0.15) is 6.04 Å². The molecular formula is C14H26N4O4S2. The molecule has 0 radical (unpaired) electrons. The molecule has 0 spiro atoms. The van der Waals surface area contributed by atoms with Crippen molar-refractivity contribution in [1.82, 2.24) is 10.6 Å². The third kappa shape index (κ3) is 10.5. The summed E-state index contributed by atoms with van der Waals surface area (Å²) in [5.74, 6) is -1.21. The highest BCUT2D eigenvalue weighted by molar-refractivity contribution is 8.76. The number of hydrogen-bond acceptors (Lipinski definition) is 7. The van der Waals surface area contributed by atoms with Crippen LogP contribution in [0.15, 0.2) is 0 Å². The van der Waals surface area contributed by atoms with E-state index in [1.54, 1.807) is 0 Å². The average molecular weight is 379 g/mol. The molecule has 8 nitrogen and oxygen atoms in total. The molecule has 0 bridgehead atoms. The number of amides is 4. The smallest absolute Gasteiger partial charge is 0.250 e. The molecule has 6 N–H and O–H groups in total. The Morgan fingerprint density at radius 3 is 2.04 bits per heavy atom. The summed E-state index contributed by atoms with van der Waals surface area (Å²) in [7, 11) is 2.56. The summed E-state index contributed by atoms with van der Waals surface area (Å²) < 4.78 is 0. The highest BCUT2D eigenvalue weighted by atomic mass is 33.1. The van der Waals surface area contributed by atoms with E-state index in [1.807, 2.05) is 13.8 Å². The van der Waals surface area contributed by atoms with Gasteiger partial charge in [0, 0.05) is 24.3 Å². The number of imide groups is 1. The molecular weight excluding hydrogens is 352 g/mol. The van der Waals surface area contributed by atoms with Gasteiger partial charge in [-0.05, 0) is 12.8 Å². The third-order valence-electron chi connectivity index (χ3n) is 2.80. The van der Waals surface area contributed by atoms with Gasteiger partial charge in [0.25, 0.3) is 0 Å². The second kappa shape index (κ2) is 13.1. The van der Waals surface area contributed by atoms with E-state index in [1.165, 1.54) is 21.6 Å². The lowest BCUT2D eigenvalue weighted by Crippen LogP contribution is -2.49. The molecule has 2 atom stereocenters. The molecule has 10 heteroatoms. The van der Waals surface area contributed by atoms with Crippen LogP contribution < -0.4 is 22.1 Å². The highest BCUT2D eigenvalue weighted by Gasteiger charge is 2.22. The molecule has 0 rings (SSSR count). The molecule has 0 aliphatic heterocycles. The Morgan fingerprint density at radius 1 is 0.958 bits per heavy atom.